The van der Waals surface area contributed by atoms with E-state index in [1.165, 1.54) is 44.1 Å². The van der Waals surface area contributed by atoms with Crippen LogP contribution in [0.5, 0.6) is 0 Å². The first kappa shape index (κ1) is 12.4. The van der Waals surface area contributed by atoms with Crippen molar-refractivity contribution in [1.29, 1.82) is 0 Å². The highest BCUT2D eigenvalue weighted by molar-refractivity contribution is 5.71. The van der Waals surface area contributed by atoms with Crippen molar-refractivity contribution in [3.63, 3.8) is 0 Å². The van der Waals surface area contributed by atoms with Crippen LogP contribution >= 0.6 is 0 Å². The SMILES string of the molecule is CC(C(=O)O)n1cc(C23CC4CC(CC(C4)C2)C3)cn1. The summed E-state index contributed by atoms with van der Waals surface area (Å²) in [5, 5.41) is 13.4. The lowest BCUT2D eigenvalue weighted by molar-refractivity contribution is -0.140. The van der Waals surface area contributed by atoms with Crippen LogP contribution in [0, 0.1) is 17.8 Å². The number of carboxylic acid groups (broad SMARTS) is 1. The molecule has 0 aliphatic heterocycles. The molecule has 108 valence electrons. The fourth-order valence-electron chi connectivity index (χ4n) is 5.40. The van der Waals surface area contributed by atoms with Gasteiger partial charge < -0.3 is 5.11 Å². The molecule has 4 fully saturated rings. The first-order valence-electron chi connectivity index (χ1n) is 7.83. The van der Waals surface area contributed by atoms with Gasteiger partial charge in [-0.15, -0.1) is 0 Å². The standard InChI is InChI=1S/C16H22N2O2/c1-10(15(19)20)18-9-14(8-17-18)16-5-11-2-12(6-16)4-13(3-11)7-16/h8-13H,2-7H2,1H3,(H,19,20). The van der Waals surface area contributed by atoms with E-state index >= 15 is 0 Å². The van der Waals surface area contributed by atoms with Gasteiger partial charge in [0.2, 0.25) is 0 Å². The summed E-state index contributed by atoms with van der Waals surface area (Å²) in [6.45, 7) is 1.69. The van der Waals surface area contributed by atoms with E-state index in [4.69, 9.17) is 5.11 Å². The first-order valence-corrected chi connectivity index (χ1v) is 7.83. The monoisotopic (exact) mass is 274 g/mol. The maximum atomic E-state index is 11.1. The average Bonchev–Trinajstić information content (AvgIpc) is 2.86. The molecular weight excluding hydrogens is 252 g/mol. The highest BCUT2D eigenvalue weighted by Crippen LogP contribution is 2.60. The minimum absolute atomic E-state index is 0.311. The van der Waals surface area contributed by atoms with E-state index in [2.05, 4.69) is 5.10 Å². The van der Waals surface area contributed by atoms with Crippen LogP contribution in [0.25, 0.3) is 0 Å². The highest BCUT2D eigenvalue weighted by atomic mass is 16.4. The predicted octanol–water partition coefficient (Wildman–Crippen LogP) is 3.00. The Morgan fingerprint density at radius 1 is 1.30 bits per heavy atom. The Labute approximate surface area is 119 Å². The third-order valence-electron chi connectivity index (χ3n) is 6.01. The van der Waals surface area contributed by atoms with E-state index in [1.807, 2.05) is 12.4 Å². The van der Waals surface area contributed by atoms with Crippen molar-refractivity contribution in [2.45, 2.75) is 56.9 Å². The minimum atomic E-state index is -0.815. The molecule has 4 nitrogen and oxygen atoms in total. The Morgan fingerprint density at radius 2 is 1.85 bits per heavy atom. The maximum absolute atomic E-state index is 11.1. The van der Waals surface area contributed by atoms with Crippen LogP contribution in [0.3, 0.4) is 0 Å². The number of aliphatic carboxylic acids is 1. The van der Waals surface area contributed by atoms with Crippen LogP contribution in [-0.4, -0.2) is 20.9 Å². The fraction of sp³-hybridized carbons (Fsp3) is 0.750. The molecule has 1 aromatic heterocycles. The van der Waals surface area contributed by atoms with Gasteiger partial charge >= 0.3 is 5.97 Å². The van der Waals surface area contributed by atoms with Crippen LogP contribution in [0.15, 0.2) is 12.4 Å². The van der Waals surface area contributed by atoms with E-state index in [-0.39, 0.29) is 0 Å². The van der Waals surface area contributed by atoms with Crippen LogP contribution in [0.2, 0.25) is 0 Å². The molecule has 1 atom stereocenters. The van der Waals surface area contributed by atoms with Crippen LogP contribution in [-0.2, 0) is 10.2 Å². The zero-order chi connectivity index (χ0) is 13.9. The third kappa shape index (κ3) is 1.73. The van der Waals surface area contributed by atoms with E-state index < -0.39 is 12.0 Å². The molecule has 20 heavy (non-hydrogen) atoms. The lowest BCUT2D eigenvalue weighted by Gasteiger charge is -2.56. The zero-order valence-electron chi connectivity index (χ0n) is 12.0. The molecule has 0 spiro atoms. The second-order valence-corrected chi connectivity index (χ2v) is 7.42. The van der Waals surface area contributed by atoms with Crippen LogP contribution in [0.1, 0.15) is 57.1 Å². The second-order valence-electron chi connectivity index (χ2n) is 7.42. The van der Waals surface area contributed by atoms with Gasteiger partial charge in [0.1, 0.15) is 6.04 Å². The molecular formula is C16H22N2O2. The molecule has 1 unspecified atom stereocenters. The largest absolute Gasteiger partial charge is 0.480 e. The maximum Gasteiger partial charge on any atom is 0.328 e. The number of rotatable bonds is 3. The molecule has 0 radical (unpaired) electrons. The van der Waals surface area contributed by atoms with Crippen molar-refractivity contribution in [1.82, 2.24) is 9.78 Å². The molecule has 1 N–H and O–H groups in total. The first-order chi connectivity index (χ1) is 9.56. The molecule has 4 aliphatic carbocycles. The van der Waals surface area contributed by atoms with Crippen LogP contribution < -0.4 is 0 Å². The zero-order valence-corrected chi connectivity index (χ0v) is 12.0. The van der Waals surface area contributed by atoms with Gasteiger partial charge in [-0.2, -0.15) is 5.10 Å². The summed E-state index contributed by atoms with van der Waals surface area (Å²) in [7, 11) is 0. The average molecular weight is 274 g/mol. The number of carboxylic acids is 1. The fourth-order valence-corrected chi connectivity index (χ4v) is 5.40. The van der Waals surface area contributed by atoms with Crippen molar-refractivity contribution in [3.8, 4) is 0 Å². The van der Waals surface area contributed by atoms with Gasteiger partial charge in [-0.1, -0.05) is 0 Å². The Kier molecular flexibility index (Phi) is 2.54. The lowest BCUT2D eigenvalue weighted by atomic mass is 9.48. The van der Waals surface area contributed by atoms with Crippen molar-refractivity contribution in [3.05, 3.63) is 18.0 Å². The van der Waals surface area contributed by atoms with Crippen molar-refractivity contribution >= 4 is 5.97 Å². The van der Waals surface area contributed by atoms with Gasteiger partial charge in [0, 0.05) is 6.20 Å². The second kappa shape index (κ2) is 4.09. The minimum Gasteiger partial charge on any atom is -0.480 e. The Balaban J connectivity index is 1.66. The smallest absolute Gasteiger partial charge is 0.328 e. The number of hydrogen-bond acceptors (Lipinski definition) is 2. The highest BCUT2D eigenvalue weighted by Gasteiger charge is 2.52. The van der Waals surface area contributed by atoms with Gasteiger partial charge in [-0.05, 0) is 74.2 Å². The molecule has 0 amide bonds. The summed E-state index contributed by atoms with van der Waals surface area (Å²) >= 11 is 0. The summed E-state index contributed by atoms with van der Waals surface area (Å²) in [5.41, 5.74) is 1.61. The number of nitrogens with zero attached hydrogens (tertiary/aromatic N) is 2. The molecule has 4 aliphatic rings. The van der Waals surface area contributed by atoms with E-state index in [0.29, 0.717) is 5.41 Å². The molecule has 5 rings (SSSR count). The third-order valence-corrected chi connectivity index (χ3v) is 6.01. The molecule has 4 saturated carbocycles. The summed E-state index contributed by atoms with van der Waals surface area (Å²) in [6.07, 6.45) is 12.1. The molecule has 0 saturated heterocycles. The van der Waals surface area contributed by atoms with E-state index in [9.17, 15) is 4.79 Å². The summed E-state index contributed by atoms with van der Waals surface area (Å²) in [4.78, 5) is 11.1. The number of hydrogen-bond donors (Lipinski definition) is 1. The normalized spacial score (nSPS) is 40.0. The molecule has 1 aromatic rings. The Bertz CT molecular complexity index is 513. The number of carbonyl (C=O) groups is 1. The van der Waals surface area contributed by atoms with Crippen LogP contribution in [0.4, 0.5) is 0 Å². The van der Waals surface area contributed by atoms with Gasteiger partial charge in [-0.3, -0.25) is 4.68 Å². The Morgan fingerprint density at radius 3 is 2.35 bits per heavy atom. The summed E-state index contributed by atoms with van der Waals surface area (Å²) in [6, 6.07) is -0.572. The number of aromatic nitrogens is 2. The molecule has 1 heterocycles. The van der Waals surface area contributed by atoms with Gasteiger partial charge in [0.15, 0.2) is 0 Å². The summed E-state index contributed by atoms with van der Waals surface area (Å²) in [5.74, 6) is 1.90. The van der Waals surface area contributed by atoms with E-state index in [1.54, 1.807) is 11.6 Å². The predicted molar refractivity (Wildman–Crippen MR) is 74.4 cm³/mol. The van der Waals surface area contributed by atoms with Gasteiger partial charge in [0.25, 0.3) is 0 Å². The van der Waals surface area contributed by atoms with Crippen molar-refractivity contribution in [2.24, 2.45) is 17.8 Å². The molecule has 4 heteroatoms. The van der Waals surface area contributed by atoms with E-state index in [0.717, 1.165) is 17.8 Å². The topological polar surface area (TPSA) is 55.1 Å². The van der Waals surface area contributed by atoms with Gasteiger partial charge in [0.05, 0.1) is 6.20 Å². The van der Waals surface area contributed by atoms with Gasteiger partial charge in [-0.25, -0.2) is 4.79 Å². The molecule has 4 bridgehead atoms. The quantitative estimate of drug-likeness (QED) is 0.921. The van der Waals surface area contributed by atoms with Crippen molar-refractivity contribution < 1.29 is 9.90 Å². The van der Waals surface area contributed by atoms with Crippen molar-refractivity contribution in [2.75, 3.05) is 0 Å². The lowest BCUT2D eigenvalue weighted by Crippen LogP contribution is -2.48. The molecule has 0 aromatic carbocycles. The summed E-state index contributed by atoms with van der Waals surface area (Å²) < 4.78 is 1.62. The Hall–Kier alpha value is -1.32.